The number of aryl methyl sites for hydroxylation is 1. The molecule has 2 heterocycles. The van der Waals surface area contributed by atoms with E-state index in [1.165, 1.54) is 28.3 Å². The van der Waals surface area contributed by atoms with Crippen LogP contribution in [-0.4, -0.2) is 62.0 Å². The van der Waals surface area contributed by atoms with Gasteiger partial charge in [0.05, 0.1) is 25.8 Å². The van der Waals surface area contributed by atoms with Crippen LogP contribution in [-0.2, 0) is 29.0 Å². The molecule has 3 N–H and O–H groups in total. The lowest BCUT2D eigenvalue weighted by atomic mass is 9.91. The lowest BCUT2D eigenvalue weighted by Crippen LogP contribution is -2.46. The van der Waals surface area contributed by atoms with Gasteiger partial charge in [-0.2, -0.15) is 5.10 Å². The highest BCUT2D eigenvalue weighted by molar-refractivity contribution is 5.99. The minimum atomic E-state index is -0.936. The van der Waals surface area contributed by atoms with E-state index in [1.807, 2.05) is 26.0 Å². The van der Waals surface area contributed by atoms with Crippen molar-refractivity contribution in [1.82, 2.24) is 14.7 Å². The predicted molar refractivity (Wildman–Crippen MR) is 131 cm³/mol. The molecule has 0 fully saturated rings. The van der Waals surface area contributed by atoms with Crippen molar-refractivity contribution in [3.05, 3.63) is 53.4 Å². The van der Waals surface area contributed by atoms with Gasteiger partial charge in [-0.05, 0) is 55.2 Å². The Balaban J connectivity index is 1.44. The number of carbonyl (C=O) groups excluding carboxylic acids is 2. The first kappa shape index (κ1) is 24.9. The molecule has 0 saturated heterocycles. The van der Waals surface area contributed by atoms with Crippen molar-refractivity contribution in [3.63, 3.8) is 0 Å². The number of aliphatic hydroxyl groups is 2. The smallest absolute Gasteiger partial charge is 0.251 e. The van der Waals surface area contributed by atoms with E-state index in [4.69, 9.17) is 9.84 Å². The molecule has 0 radical (unpaired) electrons. The number of anilines is 1. The SMILES string of the molecule is CC(C)C[C@@H](C(=O)Nc1ccn(C[C@@H](O)CO)n1)N1CC(Oc2cccc3c2CCCC3)=CC1=O. The van der Waals surface area contributed by atoms with Crippen molar-refractivity contribution in [3.8, 4) is 5.75 Å². The number of nitrogens with one attached hydrogen (secondary N) is 1. The third kappa shape index (κ3) is 6.10. The quantitative estimate of drug-likeness (QED) is 0.478. The van der Waals surface area contributed by atoms with E-state index in [0.29, 0.717) is 18.0 Å². The van der Waals surface area contributed by atoms with Crippen LogP contribution in [0.1, 0.15) is 44.2 Å². The van der Waals surface area contributed by atoms with Crippen LogP contribution < -0.4 is 10.1 Å². The predicted octanol–water partition coefficient (Wildman–Crippen LogP) is 2.27. The second-order valence-electron chi connectivity index (χ2n) is 9.67. The molecule has 35 heavy (non-hydrogen) atoms. The van der Waals surface area contributed by atoms with Crippen LogP contribution in [0.3, 0.4) is 0 Å². The number of aliphatic hydroxyl groups excluding tert-OH is 2. The molecule has 0 unspecified atom stereocenters. The Labute approximate surface area is 205 Å². The number of carbonyl (C=O) groups is 2. The van der Waals surface area contributed by atoms with E-state index in [-0.39, 0.29) is 37.4 Å². The number of hydrogen-bond acceptors (Lipinski definition) is 6. The highest BCUT2D eigenvalue weighted by Gasteiger charge is 2.35. The van der Waals surface area contributed by atoms with Crippen LogP contribution in [0.25, 0.3) is 0 Å². The molecule has 1 aliphatic carbocycles. The molecule has 0 spiro atoms. The maximum absolute atomic E-state index is 13.2. The van der Waals surface area contributed by atoms with E-state index < -0.39 is 12.1 Å². The third-order valence-electron chi connectivity index (χ3n) is 6.36. The maximum atomic E-state index is 13.2. The van der Waals surface area contributed by atoms with Crippen molar-refractivity contribution in [2.45, 2.75) is 64.6 Å². The van der Waals surface area contributed by atoms with Gasteiger partial charge in [0.15, 0.2) is 5.82 Å². The highest BCUT2D eigenvalue weighted by atomic mass is 16.5. The number of hydrogen-bond donors (Lipinski definition) is 3. The molecule has 2 amide bonds. The maximum Gasteiger partial charge on any atom is 0.251 e. The largest absolute Gasteiger partial charge is 0.459 e. The number of ether oxygens (including phenoxy) is 1. The number of nitrogens with zero attached hydrogens (tertiary/aromatic N) is 3. The van der Waals surface area contributed by atoms with E-state index >= 15 is 0 Å². The van der Waals surface area contributed by atoms with Crippen LogP contribution in [0.15, 0.2) is 42.3 Å². The minimum absolute atomic E-state index is 0.111. The van der Waals surface area contributed by atoms with E-state index in [9.17, 15) is 14.7 Å². The minimum Gasteiger partial charge on any atom is -0.459 e. The fourth-order valence-corrected chi connectivity index (χ4v) is 4.66. The van der Waals surface area contributed by atoms with Crippen LogP contribution in [0.4, 0.5) is 5.82 Å². The van der Waals surface area contributed by atoms with Gasteiger partial charge in [0.25, 0.3) is 5.91 Å². The number of fused-ring (bicyclic) bond motifs is 1. The summed E-state index contributed by atoms with van der Waals surface area (Å²) in [5, 5.41) is 25.6. The average molecular weight is 483 g/mol. The molecule has 2 aliphatic rings. The second kappa shape index (κ2) is 11.0. The topological polar surface area (TPSA) is 117 Å². The van der Waals surface area contributed by atoms with Gasteiger partial charge >= 0.3 is 0 Å². The van der Waals surface area contributed by atoms with Crippen molar-refractivity contribution in [2.24, 2.45) is 5.92 Å². The van der Waals surface area contributed by atoms with Crippen molar-refractivity contribution < 1.29 is 24.5 Å². The Morgan fingerprint density at radius 2 is 2.03 bits per heavy atom. The van der Waals surface area contributed by atoms with E-state index in [0.717, 1.165) is 25.0 Å². The van der Waals surface area contributed by atoms with Gasteiger partial charge < -0.3 is 25.2 Å². The first-order valence-electron chi connectivity index (χ1n) is 12.3. The summed E-state index contributed by atoms with van der Waals surface area (Å²) in [6, 6.07) is 7.00. The molecule has 2 atom stereocenters. The molecule has 0 bridgehead atoms. The van der Waals surface area contributed by atoms with Gasteiger partial charge in [0.1, 0.15) is 17.6 Å². The van der Waals surface area contributed by atoms with Crippen LogP contribution in [0, 0.1) is 5.92 Å². The van der Waals surface area contributed by atoms with E-state index in [2.05, 4.69) is 16.5 Å². The molecule has 2 aromatic rings. The monoisotopic (exact) mass is 482 g/mol. The number of aromatic nitrogens is 2. The zero-order valence-electron chi connectivity index (χ0n) is 20.3. The van der Waals surface area contributed by atoms with Gasteiger partial charge in [0.2, 0.25) is 5.91 Å². The van der Waals surface area contributed by atoms with Gasteiger partial charge in [0, 0.05) is 18.3 Å². The fraction of sp³-hybridized carbons (Fsp3) is 0.500. The van der Waals surface area contributed by atoms with Crippen molar-refractivity contribution in [1.29, 1.82) is 0 Å². The fourth-order valence-electron chi connectivity index (χ4n) is 4.66. The lowest BCUT2D eigenvalue weighted by molar-refractivity contribution is -0.133. The molecule has 0 saturated carbocycles. The number of rotatable bonds is 10. The van der Waals surface area contributed by atoms with Gasteiger partial charge in [-0.1, -0.05) is 26.0 Å². The Hall–Kier alpha value is -3.17. The molecular formula is C26H34N4O5. The van der Waals surface area contributed by atoms with Gasteiger partial charge in [-0.3, -0.25) is 14.3 Å². The summed E-state index contributed by atoms with van der Waals surface area (Å²) in [7, 11) is 0. The highest BCUT2D eigenvalue weighted by Crippen LogP contribution is 2.32. The molecule has 188 valence electrons. The summed E-state index contributed by atoms with van der Waals surface area (Å²) >= 11 is 0. The molecule has 9 heteroatoms. The molecule has 1 aromatic carbocycles. The average Bonchev–Trinajstić information content (AvgIpc) is 3.42. The molecule has 4 rings (SSSR count). The lowest BCUT2D eigenvalue weighted by Gasteiger charge is -2.28. The summed E-state index contributed by atoms with van der Waals surface area (Å²) in [5.41, 5.74) is 2.52. The van der Waals surface area contributed by atoms with Gasteiger partial charge in [-0.25, -0.2) is 0 Å². The first-order valence-corrected chi connectivity index (χ1v) is 12.3. The summed E-state index contributed by atoms with van der Waals surface area (Å²) in [5.74, 6) is 1.26. The third-order valence-corrected chi connectivity index (χ3v) is 6.36. The van der Waals surface area contributed by atoms with Gasteiger partial charge in [-0.15, -0.1) is 0 Å². The Bertz CT molecular complexity index is 1090. The Morgan fingerprint density at radius 1 is 1.23 bits per heavy atom. The summed E-state index contributed by atoms with van der Waals surface area (Å²) in [6.07, 6.45) is 6.96. The normalized spacial score (nSPS) is 17.2. The van der Waals surface area contributed by atoms with Crippen molar-refractivity contribution >= 4 is 17.6 Å². The first-order chi connectivity index (χ1) is 16.8. The zero-order chi connectivity index (χ0) is 24.9. The summed E-state index contributed by atoms with van der Waals surface area (Å²) in [4.78, 5) is 27.7. The molecule has 9 nitrogen and oxygen atoms in total. The second-order valence-corrected chi connectivity index (χ2v) is 9.67. The molecular weight excluding hydrogens is 448 g/mol. The molecule has 1 aromatic heterocycles. The van der Waals surface area contributed by atoms with Crippen LogP contribution >= 0.6 is 0 Å². The van der Waals surface area contributed by atoms with E-state index in [1.54, 1.807) is 17.2 Å². The standard InChI is InChI=1S/C26H34N4O5/c1-17(2)12-22(26(34)27-24-10-11-29(28-24)14-19(32)16-31)30-15-20(13-25(30)33)35-23-9-5-7-18-6-3-4-8-21(18)23/h5,7,9-11,13,17,19,22,31-32H,3-4,6,8,12,14-16H2,1-2H3,(H,27,28,34)/t19-,22+/m1/s1. The number of benzene rings is 1. The molecule has 1 aliphatic heterocycles. The summed E-state index contributed by atoms with van der Waals surface area (Å²) < 4.78 is 7.63. The number of amides is 2. The zero-order valence-corrected chi connectivity index (χ0v) is 20.3. The van der Waals surface area contributed by atoms with Crippen LogP contribution in [0.5, 0.6) is 5.75 Å². The van der Waals surface area contributed by atoms with Crippen LogP contribution in [0.2, 0.25) is 0 Å². The summed E-state index contributed by atoms with van der Waals surface area (Å²) in [6.45, 7) is 3.97. The Morgan fingerprint density at radius 3 is 2.80 bits per heavy atom. The van der Waals surface area contributed by atoms with Crippen molar-refractivity contribution in [2.75, 3.05) is 18.5 Å². The Kier molecular flexibility index (Phi) is 7.87.